The molecule has 0 aromatic rings. The standard InChI is InChI=1S/C12H20N2O2/c1-2-16-11(15)14-9-12-6-4-3-5-10(12)7-13-8-12/h3,5,10,13H,2,4,6-9H2,1H3,(H,14,15). The van der Waals surface area contributed by atoms with Crippen molar-refractivity contribution in [2.75, 3.05) is 26.2 Å². The molecule has 1 aliphatic heterocycles. The first-order valence-corrected chi connectivity index (χ1v) is 6.05. The fourth-order valence-corrected chi connectivity index (χ4v) is 2.71. The molecular formula is C12H20N2O2. The molecule has 2 atom stereocenters. The molecule has 2 unspecified atom stereocenters. The first kappa shape index (κ1) is 11.5. The predicted octanol–water partition coefficient (Wildman–Crippen LogP) is 1.29. The number of hydrogen-bond acceptors (Lipinski definition) is 3. The third-order valence-corrected chi connectivity index (χ3v) is 3.67. The molecule has 1 amide bonds. The Morgan fingerprint density at radius 2 is 2.56 bits per heavy atom. The van der Waals surface area contributed by atoms with Gasteiger partial charge in [-0.2, -0.15) is 0 Å². The maximum absolute atomic E-state index is 11.3. The summed E-state index contributed by atoms with van der Waals surface area (Å²) in [7, 11) is 0. The third-order valence-electron chi connectivity index (χ3n) is 3.67. The first-order valence-electron chi connectivity index (χ1n) is 6.05. The van der Waals surface area contributed by atoms with Gasteiger partial charge in [-0.1, -0.05) is 12.2 Å². The molecule has 2 aliphatic rings. The molecule has 0 radical (unpaired) electrons. The molecular weight excluding hydrogens is 204 g/mol. The van der Waals surface area contributed by atoms with Crippen LogP contribution in [0.4, 0.5) is 4.79 Å². The van der Waals surface area contributed by atoms with E-state index in [1.165, 1.54) is 0 Å². The highest BCUT2D eigenvalue weighted by atomic mass is 16.5. The summed E-state index contributed by atoms with van der Waals surface area (Å²) < 4.78 is 4.89. The highest BCUT2D eigenvalue weighted by Gasteiger charge is 2.42. The summed E-state index contributed by atoms with van der Waals surface area (Å²) in [5, 5.41) is 6.30. The van der Waals surface area contributed by atoms with E-state index in [4.69, 9.17) is 4.74 Å². The van der Waals surface area contributed by atoms with Crippen LogP contribution in [0.1, 0.15) is 19.8 Å². The zero-order valence-electron chi connectivity index (χ0n) is 9.79. The molecule has 4 heteroatoms. The number of allylic oxidation sites excluding steroid dienone is 1. The van der Waals surface area contributed by atoms with Gasteiger partial charge < -0.3 is 15.4 Å². The van der Waals surface area contributed by atoms with Crippen molar-refractivity contribution in [2.45, 2.75) is 19.8 Å². The molecule has 0 aromatic heterocycles. The summed E-state index contributed by atoms with van der Waals surface area (Å²) >= 11 is 0. The Morgan fingerprint density at radius 3 is 3.38 bits per heavy atom. The van der Waals surface area contributed by atoms with Crippen molar-refractivity contribution in [3.05, 3.63) is 12.2 Å². The maximum Gasteiger partial charge on any atom is 0.407 e. The molecule has 1 fully saturated rings. The van der Waals surface area contributed by atoms with Crippen LogP contribution >= 0.6 is 0 Å². The second kappa shape index (κ2) is 4.87. The van der Waals surface area contributed by atoms with E-state index < -0.39 is 0 Å². The van der Waals surface area contributed by atoms with Crippen molar-refractivity contribution < 1.29 is 9.53 Å². The number of amides is 1. The molecule has 0 bridgehead atoms. The molecule has 90 valence electrons. The molecule has 4 nitrogen and oxygen atoms in total. The van der Waals surface area contributed by atoms with Gasteiger partial charge in [-0.3, -0.25) is 0 Å². The average Bonchev–Trinajstić information content (AvgIpc) is 2.71. The molecule has 0 aromatic carbocycles. The number of carbonyl (C=O) groups excluding carboxylic acids is 1. The lowest BCUT2D eigenvalue weighted by Gasteiger charge is -2.35. The van der Waals surface area contributed by atoms with Gasteiger partial charge in [-0.05, 0) is 25.7 Å². The number of ether oxygens (including phenoxy) is 1. The van der Waals surface area contributed by atoms with Crippen molar-refractivity contribution in [3.63, 3.8) is 0 Å². The number of carbonyl (C=O) groups is 1. The number of fused-ring (bicyclic) bond motifs is 1. The molecule has 0 spiro atoms. The number of hydrogen-bond donors (Lipinski definition) is 2. The number of alkyl carbamates (subject to hydrolysis) is 1. The minimum Gasteiger partial charge on any atom is -0.450 e. The SMILES string of the molecule is CCOC(=O)NCC12CCC=CC1CNC2. The summed E-state index contributed by atoms with van der Waals surface area (Å²) in [5.41, 5.74) is 0.210. The summed E-state index contributed by atoms with van der Waals surface area (Å²) in [5.74, 6) is 0.558. The van der Waals surface area contributed by atoms with Crippen molar-refractivity contribution in [3.8, 4) is 0 Å². The van der Waals surface area contributed by atoms with Gasteiger partial charge in [-0.25, -0.2) is 4.79 Å². The Balaban J connectivity index is 1.91. The topological polar surface area (TPSA) is 50.4 Å². The van der Waals surface area contributed by atoms with Crippen LogP contribution < -0.4 is 10.6 Å². The quantitative estimate of drug-likeness (QED) is 0.710. The Morgan fingerprint density at radius 1 is 1.69 bits per heavy atom. The molecule has 0 saturated carbocycles. The fraction of sp³-hybridized carbons (Fsp3) is 0.750. The Hall–Kier alpha value is -1.03. The van der Waals surface area contributed by atoms with E-state index in [9.17, 15) is 4.79 Å². The van der Waals surface area contributed by atoms with Gasteiger partial charge in [0.25, 0.3) is 0 Å². The second-order valence-corrected chi connectivity index (χ2v) is 4.64. The van der Waals surface area contributed by atoms with Crippen LogP contribution in [-0.4, -0.2) is 32.3 Å². The normalized spacial score (nSPS) is 32.2. The van der Waals surface area contributed by atoms with Gasteiger partial charge in [0.2, 0.25) is 0 Å². The van der Waals surface area contributed by atoms with Gasteiger partial charge in [0.05, 0.1) is 6.61 Å². The van der Waals surface area contributed by atoms with E-state index in [-0.39, 0.29) is 11.5 Å². The molecule has 1 heterocycles. The zero-order chi connectivity index (χ0) is 11.4. The zero-order valence-corrected chi connectivity index (χ0v) is 9.79. The van der Waals surface area contributed by atoms with Gasteiger partial charge >= 0.3 is 6.09 Å². The van der Waals surface area contributed by atoms with Crippen molar-refractivity contribution in [1.82, 2.24) is 10.6 Å². The van der Waals surface area contributed by atoms with E-state index >= 15 is 0 Å². The Kier molecular flexibility index (Phi) is 3.49. The summed E-state index contributed by atoms with van der Waals surface area (Å²) in [4.78, 5) is 11.3. The van der Waals surface area contributed by atoms with Crippen molar-refractivity contribution in [2.24, 2.45) is 11.3 Å². The molecule has 1 saturated heterocycles. The van der Waals surface area contributed by atoms with Crippen LogP contribution in [0.3, 0.4) is 0 Å². The van der Waals surface area contributed by atoms with Gasteiger partial charge in [-0.15, -0.1) is 0 Å². The van der Waals surface area contributed by atoms with Crippen LogP contribution in [0.15, 0.2) is 12.2 Å². The maximum atomic E-state index is 11.3. The second-order valence-electron chi connectivity index (χ2n) is 4.64. The van der Waals surface area contributed by atoms with Crippen LogP contribution in [-0.2, 0) is 4.74 Å². The number of rotatable bonds is 3. The predicted molar refractivity (Wildman–Crippen MR) is 62.2 cm³/mol. The van der Waals surface area contributed by atoms with E-state index in [2.05, 4.69) is 22.8 Å². The lowest BCUT2D eigenvalue weighted by atomic mass is 9.71. The van der Waals surface area contributed by atoms with Crippen molar-refractivity contribution in [1.29, 1.82) is 0 Å². The Labute approximate surface area is 96.4 Å². The fourth-order valence-electron chi connectivity index (χ4n) is 2.71. The monoisotopic (exact) mass is 224 g/mol. The van der Waals surface area contributed by atoms with Gasteiger partial charge in [0, 0.05) is 25.0 Å². The first-order chi connectivity index (χ1) is 7.77. The van der Waals surface area contributed by atoms with E-state index in [0.717, 1.165) is 25.9 Å². The average molecular weight is 224 g/mol. The van der Waals surface area contributed by atoms with Crippen LogP contribution in [0.2, 0.25) is 0 Å². The van der Waals surface area contributed by atoms with Gasteiger partial charge in [0.15, 0.2) is 0 Å². The highest BCUT2D eigenvalue weighted by molar-refractivity contribution is 5.67. The summed E-state index contributed by atoms with van der Waals surface area (Å²) in [6.07, 6.45) is 6.50. The summed E-state index contributed by atoms with van der Waals surface area (Å²) in [6.45, 7) is 4.99. The van der Waals surface area contributed by atoms with Crippen LogP contribution in [0.5, 0.6) is 0 Å². The molecule has 1 aliphatic carbocycles. The lowest BCUT2D eigenvalue weighted by molar-refractivity contribution is 0.140. The highest BCUT2D eigenvalue weighted by Crippen LogP contribution is 2.39. The lowest BCUT2D eigenvalue weighted by Crippen LogP contribution is -2.43. The number of nitrogens with one attached hydrogen (secondary N) is 2. The largest absolute Gasteiger partial charge is 0.450 e. The summed E-state index contributed by atoms with van der Waals surface area (Å²) in [6, 6.07) is 0. The smallest absolute Gasteiger partial charge is 0.407 e. The minimum atomic E-state index is -0.294. The van der Waals surface area contributed by atoms with E-state index in [1.807, 2.05) is 6.92 Å². The van der Waals surface area contributed by atoms with Crippen LogP contribution in [0.25, 0.3) is 0 Å². The van der Waals surface area contributed by atoms with Crippen molar-refractivity contribution >= 4 is 6.09 Å². The minimum absolute atomic E-state index is 0.210. The molecule has 16 heavy (non-hydrogen) atoms. The van der Waals surface area contributed by atoms with E-state index in [1.54, 1.807) is 0 Å². The van der Waals surface area contributed by atoms with Gasteiger partial charge in [0.1, 0.15) is 0 Å². The van der Waals surface area contributed by atoms with E-state index in [0.29, 0.717) is 19.1 Å². The third kappa shape index (κ3) is 2.21. The Bertz CT molecular complexity index is 291. The van der Waals surface area contributed by atoms with Crippen LogP contribution in [0, 0.1) is 11.3 Å². The molecule has 2 rings (SSSR count). The molecule has 2 N–H and O–H groups in total.